The molecule has 0 bridgehead atoms. The Morgan fingerprint density at radius 3 is 2.37 bits per heavy atom. The van der Waals surface area contributed by atoms with Gasteiger partial charge in [0.25, 0.3) is 0 Å². The Kier molecular flexibility index (Phi) is 7.05. The molecule has 0 aliphatic heterocycles. The molecule has 2 aromatic carbocycles. The molecule has 27 heavy (non-hydrogen) atoms. The third kappa shape index (κ3) is 5.64. The van der Waals surface area contributed by atoms with Crippen molar-refractivity contribution >= 4 is 23.5 Å². The maximum Gasteiger partial charge on any atom is 0.339 e. The second-order valence-electron chi connectivity index (χ2n) is 5.83. The van der Waals surface area contributed by atoms with E-state index in [0.717, 1.165) is 0 Å². The normalized spacial score (nSPS) is 10.2. The number of halogens is 1. The molecule has 0 unspecified atom stereocenters. The van der Waals surface area contributed by atoms with E-state index in [1.165, 1.54) is 31.1 Å². The summed E-state index contributed by atoms with van der Waals surface area (Å²) in [6.07, 6.45) is 0.110. The third-order valence-electron chi connectivity index (χ3n) is 3.92. The van der Waals surface area contributed by atoms with Crippen LogP contribution in [0.25, 0.3) is 0 Å². The van der Waals surface area contributed by atoms with Gasteiger partial charge in [0.15, 0.2) is 0 Å². The lowest BCUT2D eigenvalue weighted by molar-refractivity contribution is -0.121. The summed E-state index contributed by atoms with van der Waals surface area (Å²) in [6, 6.07) is 12.3. The van der Waals surface area contributed by atoms with Crippen molar-refractivity contribution in [3.63, 3.8) is 0 Å². The zero-order valence-electron chi connectivity index (χ0n) is 15.2. The molecule has 0 heterocycles. The van der Waals surface area contributed by atoms with E-state index in [0.29, 0.717) is 11.3 Å². The molecule has 2 amide bonds. The van der Waals surface area contributed by atoms with Crippen LogP contribution in [-0.2, 0) is 20.7 Å². The van der Waals surface area contributed by atoms with E-state index >= 15 is 0 Å². The van der Waals surface area contributed by atoms with Gasteiger partial charge in [-0.3, -0.25) is 9.59 Å². The van der Waals surface area contributed by atoms with Crippen LogP contribution >= 0.6 is 0 Å². The van der Waals surface area contributed by atoms with Crippen molar-refractivity contribution < 1.29 is 23.5 Å². The Labute approximate surface area is 156 Å². The number of ether oxygens (including phenoxy) is 1. The summed E-state index contributed by atoms with van der Waals surface area (Å²) in [5.74, 6) is -1.41. The van der Waals surface area contributed by atoms with Gasteiger partial charge in [0.2, 0.25) is 11.8 Å². The molecule has 2 rings (SSSR count). The number of para-hydroxylation sites is 1. The van der Waals surface area contributed by atoms with Crippen molar-refractivity contribution in [1.82, 2.24) is 5.32 Å². The highest BCUT2D eigenvalue weighted by molar-refractivity contribution is 6.01. The number of carbonyl (C=O) groups excluding carboxylic acids is 3. The molecule has 1 N–H and O–H groups in total. The lowest BCUT2D eigenvalue weighted by atomic mass is 10.1. The van der Waals surface area contributed by atoms with Crippen LogP contribution in [0.3, 0.4) is 0 Å². The zero-order chi connectivity index (χ0) is 19.8. The number of anilines is 1. The van der Waals surface area contributed by atoms with Gasteiger partial charge >= 0.3 is 5.97 Å². The van der Waals surface area contributed by atoms with E-state index in [-0.39, 0.29) is 42.7 Å². The number of carbonyl (C=O) groups is 3. The largest absolute Gasteiger partial charge is 0.465 e. The minimum Gasteiger partial charge on any atom is -0.465 e. The second-order valence-corrected chi connectivity index (χ2v) is 5.83. The van der Waals surface area contributed by atoms with Gasteiger partial charge in [-0.1, -0.05) is 24.3 Å². The van der Waals surface area contributed by atoms with Crippen LogP contribution in [0.5, 0.6) is 0 Å². The van der Waals surface area contributed by atoms with Gasteiger partial charge in [0.1, 0.15) is 5.82 Å². The quantitative estimate of drug-likeness (QED) is 0.757. The minimum absolute atomic E-state index is 0.110. The summed E-state index contributed by atoms with van der Waals surface area (Å²) in [4.78, 5) is 37.4. The number of benzene rings is 2. The van der Waals surface area contributed by atoms with E-state index in [4.69, 9.17) is 4.74 Å². The summed E-state index contributed by atoms with van der Waals surface area (Å²) in [5.41, 5.74) is 1.38. The van der Waals surface area contributed by atoms with E-state index in [1.807, 2.05) is 0 Å². The standard InChI is InChI=1S/C20H21FN2O4/c1-14(24)23(18-6-4-3-5-17(18)20(26)27-2)12-11-22-19(25)13-15-7-9-16(21)10-8-15/h3-10H,11-13H2,1-2H3,(H,22,25). The first-order chi connectivity index (χ1) is 12.9. The van der Waals surface area contributed by atoms with E-state index in [9.17, 15) is 18.8 Å². The molecule has 0 aliphatic carbocycles. The fourth-order valence-electron chi connectivity index (χ4n) is 2.60. The maximum atomic E-state index is 12.9. The summed E-state index contributed by atoms with van der Waals surface area (Å²) in [5, 5.41) is 2.72. The fraction of sp³-hybridized carbons (Fsp3) is 0.250. The minimum atomic E-state index is -0.544. The van der Waals surface area contributed by atoms with Crippen molar-refractivity contribution in [2.75, 3.05) is 25.1 Å². The molecule has 7 heteroatoms. The van der Waals surface area contributed by atoms with Gasteiger partial charge in [-0.05, 0) is 29.8 Å². The molecule has 0 spiro atoms. The Hall–Kier alpha value is -3.22. The molecule has 0 aliphatic rings. The molecule has 0 saturated carbocycles. The van der Waals surface area contributed by atoms with E-state index in [1.54, 1.807) is 36.4 Å². The smallest absolute Gasteiger partial charge is 0.339 e. The van der Waals surface area contributed by atoms with Crippen LogP contribution in [-0.4, -0.2) is 38.0 Å². The summed E-state index contributed by atoms with van der Waals surface area (Å²) in [7, 11) is 1.27. The summed E-state index contributed by atoms with van der Waals surface area (Å²) in [6.45, 7) is 1.78. The van der Waals surface area contributed by atoms with Gasteiger partial charge in [0.05, 0.1) is 24.8 Å². The van der Waals surface area contributed by atoms with Crippen LogP contribution in [0, 0.1) is 5.82 Å². The van der Waals surface area contributed by atoms with Crippen molar-refractivity contribution in [2.45, 2.75) is 13.3 Å². The van der Waals surface area contributed by atoms with Crippen molar-refractivity contribution in [2.24, 2.45) is 0 Å². The molecular weight excluding hydrogens is 351 g/mol. The fourth-order valence-corrected chi connectivity index (χ4v) is 2.60. The number of amides is 2. The summed E-state index contributed by atoms with van der Waals surface area (Å²) >= 11 is 0. The van der Waals surface area contributed by atoms with Crippen LogP contribution in [0.1, 0.15) is 22.8 Å². The first-order valence-electron chi connectivity index (χ1n) is 8.39. The van der Waals surface area contributed by atoms with Crippen LogP contribution in [0.4, 0.5) is 10.1 Å². The number of rotatable bonds is 7. The molecular formula is C20H21FN2O4. The zero-order valence-corrected chi connectivity index (χ0v) is 15.2. The lowest BCUT2D eigenvalue weighted by Gasteiger charge is -2.23. The first-order valence-corrected chi connectivity index (χ1v) is 8.39. The van der Waals surface area contributed by atoms with Gasteiger partial charge < -0.3 is 15.0 Å². The van der Waals surface area contributed by atoms with Gasteiger partial charge in [-0.25, -0.2) is 9.18 Å². The van der Waals surface area contributed by atoms with E-state index in [2.05, 4.69) is 5.32 Å². The van der Waals surface area contributed by atoms with Crippen LogP contribution in [0.2, 0.25) is 0 Å². The number of esters is 1. The van der Waals surface area contributed by atoms with Crippen molar-refractivity contribution in [3.8, 4) is 0 Å². The van der Waals surface area contributed by atoms with Gasteiger partial charge in [-0.2, -0.15) is 0 Å². The SMILES string of the molecule is COC(=O)c1ccccc1N(CCNC(=O)Cc1ccc(F)cc1)C(C)=O. The molecule has 0 fully saturated rings. The summed E-state index contributed by atoms with van der Waals surface area (Å²) < 4.78 is 17.6. The molecule has 0 radical (unpaired) electrons. The average Bonchev–Trinajstić information content (AvgIpc) is 2.66. The molecule has 142 valence electrons. The molecule has 0 aromatic heterocycles. The van der Waals surface area contributed by atoms with Gasteiger partial charge in [0, 0.05) is 20.0 Å². The monoisotopic (exact) mass is 372 g/mol. The Morgan fingerprint density at radius 2 is 1.74 bits per heavy atom. The first kappa shape index (κ1) is 20.1. The number of hydrogen-bond acceptors (Lipinski definition) is 4. The highest BCUT2D eigenvalue weighted by atomic mass is 19.1. The topological polar surface area (TPSA) is 75.7 Å². The molecule has 2 aromatic rings. The maximum absolute atomic E-state index is 12.9. The van der Waals surface area contributed by atoms with Crippen molar-refractivity contribution in [1.29, 1.82) is 0 Å². The van der Waals surface area contributed by atoms with Crippen LogP contribution in [0.15, 0.2) is 48.5 Å². The Bertz CT molecular complexity index is 821. The number of hydrogen-bond donors (Lipinski definition) is 1. The highest BCUT2D eigenvalue weighted by Gasteiger charge is 2.19. The Balaban J connectivity index is 1.99. The number of nitrogens with zero attached hydrogens (tertiary/aromatic N) is 1. The average molecular weight is 372 g/mol. The van der Waals surface area contributed by atoms with Crippen LogP contribution < -0.4 is 10.2 Å². The second kappa shape index (κ2) is 9.47. The van der Waals surface area contributed by atoms with E-state index < -0.39 is 5.97 Å². The molecule has 0 saturated heterocycles. The molecule has 6 nitrogen and oxygen atoms in total. The predicted octanol–water partition coefficient (Wildman–Crippen LogP) is 2.32. The number of nitrogens with one attached hydrogen (secondary N) is 1. The third-order valence-corrected chi connectivity index (χ3v) is 3.92. The molecule has 0 atom stereocenters. The Morgan fingerprint density at radius 1 is 1.07 bits per heavy atom. The van der Waals surface area contributed by atoms with Gasteiger partial charge in [-0.15, -0.1) is 0 Å². The lowest BCUT2D eigenvalue weighted by Crippen LogP contribution is -2.38. The highest BCUT2D eigenvalue weighted by Crippen LogP contribution is 2.21. The predicted molar refractivity (Wildman–Crippen MR) is 98.9 cm³/mol. The number of methoxy groups -OCH3 is 1. The van der Waals surface area contributed by atoms with Crippen molar-refractivity contribution in [3.05, 3.63) is 65.5 Å².